The van der Waals surface area contributed by atoms with Crippen molar-refractivity contribution in [1.29, 1.82) is 0 Å². The SMILES string of the molecule is Cn1c(=O)[nH]c(=O)c2c1nc(N1CCCCC1)n2C[C@H](O)c1ccc([N+](=O)[O-])cc1. The van der Waals surface area contributed by atoms with E-state index in [1.54, 1.807) is 4.57 Å². The molecule has 3 aromatic rings. The van der Waals surface area contributed by atoms with Gasteiger partial charge in [0.25, 0.3) is 11.2 Å². The van der Waals surface area contributed by atoms with Gasteiger partial charge in [-0.3, -0.25) is 24.5 Å². The van der Waals surface area contributed by atoms with Crippen LogP contribution in [0.4, 0.5) is 11.6 Å². The normalized spacial score (nSPS) is 15.5. The molecule has 0 bridgehead atoms. The summed E-state index contributed by atoms with van der Waals surface area (Å²) in [7, 11) is 1.53. The van der Waals surface area contributed by atoms with Crippen LogP contribution in [0.2, 0.25) is 0 Å². The molecule has 1 aromatic carbocycles. The topological polar surface area (TPSA) is 139 Å². The molecule has 11 nitrogen and oxygen atoms in total. The second-order valence-electron chi connectivity index (χ2n) is 7.43. The summed E-state index contributed by atoms with van der Waals surface area (Å²) in [6, 6.07) is 5.63. The number of aromatic amines is 1. The minimum atomic E-state index is -1.02. The predicted molar refractivity (Wildman–Crippen MR) is 110 cm³/mol. The quantitative estimate of drug-likeness (QED) is 0.470. The summed E-state index contributed by atoms with van der Waals surface area (Å²) in [4.78, 5) is 43.9. The highest BCUT2D eigenvalue weighted by atomic mass is 16.6. The maximum atomic E-state index is 12.6. The van der Waals surface area contributed by atoms with Crippen LogP contribution in [-0.2, 0) is 13.6 Å². The van der Waals surface area contributed by atoms with Gasteiger partial charge in [0.2, 0.25) is 5.95 Å². The Morgan fingerprint density at radius 2 is 1.87 bits per heavy atom. The van der Waals surface area contributed by atoms with Gasteiger partial charge >= 0.3 is 5.69 Å². The van der Waals surface area contributed by atoms with Gasteiger partial charge in [0.05, 0.1) is 17.6 Å². The Bertz CT molecular complexity index is 1200. The minimum Gasteiger partial charge on any atom is -0.387 e. The van der Waals surface area contributed by atoms with Gasteiger partial charge in [0.15, 0.2) is 11.2 Å². The van der Waals surface area contributed by atoms with E-state index in [1.807, 2.05) is 0 Å². The number of nitro benzene ring substituents is 1. The maximum Gasteiger partial charge on any atom is 0.329 e. The van der Waals surface area contributed by atoms with E-state index >= 15 is 0 Å². The highest BCUT2D eigenvalue weighted by Gasteiger charge is 2.24. The first kappa shape index (κ1) is 19.8. The standard InChI is InChI=1S/C19H22N6O5/c1-22-16-15(17(27)21-19(22)28)24(18(20-16)23-9-3-2-4-10-23)11-14(26)12-5-7-13(8-6-12)25(29)30/h5-8,14,26H,2-4,9-11H2,1H3,(H,21,27,28)/t14-/m0/s1. The van der Waals surface area contributed by atoms with Gasteiger partial charge in [0, 0.05) is 32.3 Å². The third-order valence-corrected chi connectivity index (χ3v) is 5.47. The number of aryl methyl sites for hydroxylation is 1. The molecular weight excluding hydrogens is 392 g/mol. The van der Waals surface area contributed by atoms with Crippen molar-refractivity contribution in [2.45, 2.75) is 31.9 Å². The fraction of sp³-hybridized carbons (Fsp3) is 0.421. The molecule has 1 aliphatic heterocycles. The van der Waals surface area contributed by atoms with Crippen molar-refractivity contribution in [2.75, 3.05) is 18.0 Å². The van der Waals surface area contributed by atoms with E-state index in [2.05, 4.69) is 14.9 Å². The van der Waals surface area contributed by atoms with E-state index in [0.29, 0.717) is 11.5 Å². The molecule has 11 heteroatoms. The van der Waals surface area contributed by atoms with E-state index in [1.165, 1.54) is 35.9 Å². The Kier molecular flexibility index (Phi) is 5.12. The average Bonchev–Trinajstić information content (AvgIpc) is 3.12. The first-order valence-electron chi connectivity index (χ1n) is 9.73. The lowest BCUT2D eigenvalue weighted by Crippen LogP contribution is -2.33. The molecule has 2 aromatic heterocycles. The second kappa shape index (κ2) is 7.75. The lowest BCUT2D eigenvalue weighted by molar-refractivity contribution is -0.384. The molecule has 4 rings (SSSR count). The number of fused-ring (bicyclic) bond motifs is 1. The molecule has 30 heavy (non-hydrogen) atoms. The van der Waals surface area contributed by atoms with Crippen molar-refractivity contribution < 1.29 is 10.0 Å². The summed E-state index contributed by atoms with van der Waals surface area (Å²) < 4.78 is 2.91. The number of H-pyrrole nitrogens is 1. The molecule has 1 aliphatic rings. The number of benzene rings is 1. The lowest BCUT2D eigenvalue weighted by atomic mass is 10.1. The first-order chi connectivity index (χ1) is 14.4. The molecule has 1 saturated heterocycles. The van der Waals surface area contributed by atoms with Crippen LogP contribution in [0.15, 0.2) is 33.9 Å². The smallest absolute Gasteiger partial charge is 0.329 e. The molecule has 3 heterocycles. The van der Waals surface area contributed by atoms with Crippen LogP contribution in [0.5, 0.6) is 0 Å². The number of non-ortho nitro benzene ring substituents is 1. The number of aliphatic hydroxyl groups is 1. The van der Waals surface area contributed by atoms with Gasteiger partial charge in [-0.25, -0.2) is 4.79 Å². The average molecular weight is 414 g/mol. The minimum absolute atomic E-state index is 0.0153. The van der Waals surface area contributed by atoms with Crippen molar-refractivity contribution in [2.24, 2.45) is 7.05 Å². The number of nitrogens with zero attached hydrogens (tertiary/aromatic N) is 5. The summed E-state index contributed by atoms with van der Waals surface area (Å²) in [6.07, 6.45) is 2.07. The van der Waals surface area contributed by atoms with Gasteiger partial charge < -0.3 is 14.6 Å². The van der Waals surface area contributed by atoms with Crippen LogP contribution >= 0.6 is 0 Å². The fourth-order valence-corrected chi connectivity index (χ4v) is 3.83. The van der Waals surface area contributed by atoms with Crippen LogP contribution in [-0.4, -0.2) is 42.2 Å². The third-order valence-electron chi connectivity index (χ3n) is 5.47. The number of hydrogen-bond donors (Lipinski definition) is 2. The number of nitro groups is 1. The van der Waals surface area contributed by atoms with Crippen LogP contribution in [0.25, 0.3) is 11.2 Å². The molecule has 0 unspecified atom stereocenters. The largest absolute Gasteiger partial charge is 0.387 e. The third kappa shape index (κ3) is 3.47. The Hall–Kier alpha value is -3.47. The highest BCUT2D eigenvalue weighted by molar-refractivity contribution is 5.74. The van der Waals surface area contributed by atoms with Crippen LogP contribution in [0.1, 0.15) is 30.9 Å². The Labute approximate surface area is 170 Å². The predicted octanol–water partition coefficient (Wildman–Crippen LogP) is 1.06. The zero-order valence-electron chi connectivity index (χ0n) is 16.4. The zero-order chi connectivity index (χ0) is 21.4. The number of imidazole rings is 1. The van der Waals surface area contributed by atoms with Crippen molar-refractivity contribution in [3.63, 3.8) is 0 Å². The Morgan fingerprint density at radius 1 is 1.20 bits per heavy atom. The maximum absolute atomic E-state index is 12.6. The first-order valence-corrected chi connectivity index (χ1v) is 9.73. The number of aliphatic hydroxyl groups excluding tert-OH is 1. The molecule has 0 saturated carbocycles. The van der Waals surface area contributed by atoms with E-state index in [0.717, 1.165) is 32.4 Å². The lowest BCUT2D eigenvalue weighted by Gasteiger charge is -2.28. The Morgan fingerprint density at radius 3 is 2.50 bits per heavy atom. The monoisotopic (exact) mass is 414 g/mol. The molecule has 2 N–H and O–H groups in total. The zero-order valence-corrected chi connectivity index (χ0v) is 16.4. The summed E-state index contributed by atoms with van der Waals surface area (Å²) in [6.45, 7) is 1.55. The molecule has 158 valence electrons. The second-order valence-corrected chi connectivity index (χ2v) is 7.43. The molecule has 0 amide bonds. The number of nitrogens with one attached hydrogen (secondary N) is 1. The summed E-state index contributed by atoms with van der Waals surface area (Å²) in [5.41, 5.74) is -0.260. The highest BCUT2D eigenvalue weighted by Crippen LogP contribution is 2.26. The number of hydrogen-bond acceptors (Lipinski definition) is 7. The number of rotatable bonds is 5. The molecule has 0 radical (unpaired) electrons. The van der Waals surface area contributed by atoms with Crippen molar-refractivity contribution in [1.82, 2.24) is 19.1 Å². The molecular formula is C19H22N6O5. The molecule has 1 fully saturated rings. The van der Waals surface area contributed by atoms with E-state index in [4.69, 9.17) is 0 Å². The molecule has 0 spiro atoms. The van der Waals surface area contributed by atoms with Gasteiger partial charge in [-0.05, 0) is 37.0 Å². The van der Waals surface area contributed by atoms with Gasteiger partial charge in [-0.1, -0.05) is 0 Å². The van der Waals surface area contributed by atoms with Gasteiger partial charge in [-0.2, -0.15) is 4.98 Å². The van der Waals surface area contributed by atoms with E-state index in [-0.39, 0.29) is 23.4 Å². The van der Waals surface area contributed by atoms with Crippen molar-refractivity contribution >= 4 is 22.8 Å². The summed E-state index contributed by atoms with van der Waals surface area (Å²) in [5, 5.41) is 21.7. The Balaban J connectivity index is 1.79. The fourth-order valence-electron chi connectivity index (χ4n) is 3.83. The number of aromatic nitrogens is 4. The summed E-state index contributed by atoms with van der Waals surface area (Å²) >= 11 is 0. The van der Waals surface area contributed by atoms with Crippen LogP contribution in [0.3, 0.4) is 0 Å². The van der Waals surface area contributed by atoms with Gasteiger partial charge in [-0.15, -0.1) is 0 Å². The molecule has 1 atom stereocenters. The van der Waals surface area contributed by atoms with E-state index < -0.39 is 22.3 Å². The van der Waals surface area contributed by atoms with Gasteiger partial charge in [0.1, 0.15) is 0 Å². The molecule has 0 aliphatic carbocycles. The van der Waals surface area contributed by atoms with Crippen LogP contribution in [0, 0.1) is 10.1 Å². The summed E-state index contributed by atoms with van der Waals surface area (Å²) in [5.74, 6) is 0.525. The van der Waals surface area contributed by atoms with Crippen molar-refractivity contribution in [3.05, 3.63) is 60.8 Å². The van der Waals surface area contributed by atoms with E-state index in [9.17, 15) is 24.8 Å². The van der Waals surface area contributed by atoms with Crippen LogP contribution < -0.4 is 16.1 Å². The number of piperidine rings is 1. The van der Waals surface area contributed by atoms with Crippen molar-refractivity contribution in [3.8, 4) is 0 Å². The number of anilines is 1.